The van der Waals surface area contributed by atoms with Gasteiger partial charge in [-0.15, -0.1) is 5.10 Å². The number of imidazole rings is 1. The smallest absolute Gasteiger partial charge is 0.180 e. The van der Waals surface area contributed by atoms with Gasteiger partial charge in [0.1, 0.15) is 5.82 Å². The van der Waals surface area contributed by atoms with Crippen molar-refractivity contribution in [2.24, 2.45) is 0 Å². The predicted octanol–water partition coefficient (Wildman–Crippen LogP) is 7.77. The SMILES string of the molecule is CC(C)(c1ccc(Cl)c(Cl)c1)c1cnc(SCc2ccc(-c3nnn[nH]3)c(Cl)c2)n1-c1ccc(F)cc1. The molecule has 0 saturated carbocycles. The number of nitrogens with one attached hydrogen (secondary N) is 1. The molecular weight excluding hydrogens is 554 g/mol. The molecule has 0 aliphatic carbocycles. The maximum atomic E-state index is 13.8. The van der Waals surface area contributed by atoms with Crippen LogP contribution in [0.15, 0.2) is 72.0 Å². The number of H-pyrrole nitrogens is 1. The van der Waals surface area contributed by atoms with E-state index in [2.05, 4.69) is 34.5 Å². The zero-order valence-corrected chi connectivity index (χ0v) is 22.8. The number of halogens is 4. The van der Waals surface area contributed by atoms with Crippen LogP contribution in [0.1, 0.15) is 30.7 Å². The van der Waals surface area contributed by atoms with Gasteiger partial charge in [0.2, 0.25) is 0 Å². The molecule has 0 unspecified atom stereocenters. The minimum absolute atomic E-state index is 0.306. The quantitative estimate of drug-likeness (QED) is 0.201. The van der Waals surface area contributed by atoms with Gasteiger partial charge in [-0.3, -0.25) is 4.57 Å². The molecule has 0 spiro atoms. The van der Waals surface area contributed by atoms with E-state index in [1.54, 1.807) is 30.0 Å². The summed E-state index contributed by atoms with van der Waals surface area (Å²) >= 11 is 20.6. The molecule has 188 valence electrons. The monoisotopic (exact) mass is 572 g/mol. The summed E-state index contributed by atoms with van der Waals surface area (Å²) in [7, 11) is 0. The van der Waals surface area contributed by atoms with Crippen molar-refractivity contribution < 1.29 is 4.39 Å². The van der Waals surface area contributed by atoms with Crippen molar-refractivity contribution in [3.8, 4) is 17.1 Å². The lowest BCUT2D eigenvalue weighted by molar-refractivity contribution is 0.591. The molecule has 0 aliphatic heterocycles. The Bertz CT molecular complexity index is 1550. The Morgan fingerprint density at radius 3 is 2.41 bits per heavy atom. The second kappa shape index (κ2) is 10.5. The number of aromatic amines is 1. The van der Waals surface area contributed by atoms with Crippen LogP contribution in [-0.4, -0.2) is 30.2 Å². The summed E-state index contributed by atoms with van der Waals surface area (Å²) in [5, 5.41) is 16.1. The first-order valence-electron chi connectivity index (χ1n) is 11.2. The summed E-state index contributed by atoms with van der Waals surface area (Å²) in [6, 6.07) is 17.7. The third-order valence-electron chi connectivity index (χ3n) is 6.10. The molecule has 0 fully saturated rings. The van der Waals surface area contributed by atoms with E-state index in [1.165, 1.54) is 12.1 Å². The first-order valence-corrected chi connectivity index (χ1v) is 13.3. The minimum atomic E-state index is -0.482. The number of aromatic nitrogens is 6. The highest BCUT2D eigenvalue weighted by Gasteiger charge is 2.30. The molecular formula is C26H20Cl3FN6S. The number of rotatable bonds is 7. The third kappa shape index (κ3) is 5.25. The summed E-state index contributed by atoms with van der Waals surface area (Å²) in [6.45, 7) is 4.18. The van der Waals surface area contributed by atoms with Crippen LogP contribution in [0.5, 0.6) is 0 Å². The second-order valence-electron chi connectivity index (χ2n) is 8.84. The fourth-order valence-corrected chi connectivity index (χ4v) is 5.54. The lowest BCUT2D eigenvalue weighted by atomic mass is 9.81. The van der Waals surface area contributed by atoms with Gasteiger partial charge >= 0.3 is 0 Å². The Hall–Kier alpha value is -2.91. The number of nitrogens with zero attached hydrogens (tertiary/aromatic N) is 5. The molecule has 2 aromatic heterocycles. The summed E-state index contributed by atoms with van der Waals surface area (Å²) in [5.74, 6) is 0.810. The first-order chi connectivity index (χ1) is 17.7. The van der Waals surface area contributed by atoms with E-state index in [-0.39, 0.29) is 5.82 Å². The van der Waals surface area contributed by atoms with Gasteiger partial charge in [0.05, 0.1) is 27.0 Å². The fourth-order valence-electron chi connectivity index (χ4n) is 4.01. The van der Waals surface area contributed by atoms with Gasteiger partial charge in [0.15, 0.2) is 11.0 Å². The summed E-state index contributed by atoms with van der Waals surface area (Å²) in [4.78, 5) is 4.75. The largest absolute Gasteiger partial charge is 0.291 e. The standard InChI is InChI=1S/C26H20Cl3FN6S/c1-26(2,16-4-10-20(27)22(29)12-16)23-13-31-25(36(23)18-7-5-17(30)6-8-18)37-14-15-3-9-19(21(28)11-15)24-32-34-35-33-24/h3-13H,14H2,1-2H3,(H,32,33,34,35). The number of thioether (sulfide) groups is 1. The first kappa shape index (κ1) is 25.7. The van der Waals surface area contributed by atoms with Crippen molar-refractivity contribution in [1.82, 2.24) is 30.2 Å². The van der Waals surface area contributed by atoms with E-state index in [0.717, 1.165) is 33.2 Å². The molecule has 3 aromatic carbocycles. The fraction of sp³-hybridized carbons (Fsp3) is 0.154. The highest BCUT2D eigenvalue weighted by molar-refractivity contribution is 7.98. The van der Waals surface area contributed by atoms with Crippen LogP contribution in [-0.2, 0) is 11.2 Å². The van der Waals surface area contributed by atoms with Gasteiger partial charge < -0.3 is 0 Å². The molecule has 1 N–H and O–H groups in total. The van der Waals surface area contributed by atoms with Crippen molar-refractivity contribution in [2.45, 2.75) is 30.2 Å². The van der Waals surface area contributed by atoms with Gasteiger partial charge in [-0.25, -0.2) is 14.5 Å². The van der Waals surface area contributed by atoms with Crippen LogP contribution in [0.2, 0.25) is 15.1 Å². The van der Waals surface area contributed by atoms with Crippen molar-refractivity contribution in [3.05, 3.63) is 105 Å². The molecule has 5 aromatic rings. The maximum Gasteiger partial charge on any atom is 0.180 e. The molecule has 0 amide bonds. The molecule has 2 heterocycles. The average molecular weight is 574 g/mol. The van der Waals surface area contributed by atoms with Gasteiger partial charge in [-0.05, 0) is 70.1 Å². The van der Waals surface area contributed by atoms with E-state index < -0.39 is 5.41 Å². The zero-order chi connectivity index (χ0) is 26.2. The van der Waals surface area contributed by atoms with Crippen molar-refractivity contribution >= 4 is 46.6 Å². The van der Waals surface area contributed by atoms with Crippen molar-refractivity contribution in [2.75, 3.05) is 0 Å². The van der Waals surface area contributed by atoms with Crippen LogP contribution in [0, 0.1) is 5.82 Å². The van der Waals surface area contributed by atoms with Gasteiger partial charge in [0.25, 0.3) is 0 Å². The molecule has 6 nitrogen and oxygen atoms in total. The normalized spacial score (nSPS) is 11.7. The molecule has 0 radical (unpaired) electrons. The number of hydrogen-bond acceptors (Lipinski definition) is 5. The highest BCUT2D eigenvalue weighted by Crippen LogP contribution is 2.39. The summed E-state index contributed by atoms with van der Waals surface area (Å²) in [6.07, 6.45) is 1.85. The summed E-state index contributed by atoms with van der Waals surface area (Å²) < 4.78 is 15.8. The Morgan fingerprint density at radius 1 is 0.946 bits per heavy atom. The van der Waals surface area contributed by atoms with Crippen LogP contribution in [0.4, 0.5) is 4.39 Å². The predicted molar refractivity (Wildman–Crippen MR) is 146 cm³/mol. The third-order valence-corrected chi connectivity index (χ3v) is 8.17. The van der Waals surface area contributed by atoms with E-state index in [1.807, 2.05) is 41.1 Å². The maximum absolute atomic E-state index is 13.8. The average Bonchev–Trinajstić information content (AvgIpc) is 3.56. The minimum Gasteiger partial charge on any atom is -0.291 e. The molecule has 0 bridgehead atoms. The number of tetrazole rings is 1. The number of hydrogen-bond donors (Lipinski definition) is 1. The van der Waals surface area contributed by atoms with Gasteiger partial charge in [-0.2, -0.15) is 0 Å². The van der Waals surface area contributed by atoms with Crippen LogP contribution in [0.25, 0.3) is 17.1 Å². The molecule has 37 heavy (non-hydrogen) atoms. The van der Waals surface area contributed by atoms with Gasteiger partial charge in [0, 0.05) is 22.4 Å². The van der Waals surface area contributed by atoms with Gasteiger partial charge in [-0.1, -0.05) is 72.5 Å². The lowest BCUT2D eigenvalue weighted by Gasteiger charge is -2.28. The Kier molecular flexibility index (Phi) is 7.27. The van der Waals surface area contributed by atoms with E-state index in [0.29, 0.717) is 26.6 Å². The van der Waals surface area contributed by atoms with Crippen molar-refractivity contribution in [3.63, 3.8) is 0 Å². The highest BCUT2D eigenvalue weighted by atomic mass is 35.5. The Balaban J connectivity index is 1.50. The molecule has 11 heteroatoms. The second-order valence-corrected chi connectivity index (χ2v) is 11.0. The molecule has 0 aliphatic rings. The molecule has 0 atom stereocenters. The summed E-state index contributed by atoms with van der Waals surface area (Å²) in [5.41, 5.74) is 3.95. The topological polar surface area (TPSA) is 72.3 Å². The lowest BCUT2D eigenvalue weighted by Crippen LogP contribution is -2.23. The zero-order valence-electron chi connectivity index (χ0n) is 19.7. The molecule has 5 rings (SSSR count). The van der Waals surface area contributed by atoms with E-state index in [9.17, 15) is 4.39 Å². The molecule has 0 saturated heterocycles. The van der Waals surface area contributed by atoms with E-state index >= 15 is 0 Å². The van der Waals surface area contributed by atoms with E-state index in [4.69, 9.17) is 39.8 Å². The van der Waals surface area contributed by atoms with Crippen LogP contribution >= 0.6 is 46.6 Å². The number of benzene rings is 3. The van der Waals surface area contributed by atoms with Crippen LogP contribution < -0.4 is 0 Å². The van der Waals surface area contributed by atoms with Crippen LogP contribution in [0.3, 0.4) is 0 Å². The Labute approximate surface area is 232 Å². The Morgan fingerprint density at radius 2 is 1.73 bits per heavy atom. The van der Waals surface area contributed by atoms with Crippen molar-refractivity contribution in [1.29, 1.82) is 0 Å².